The molecule has 1 fully saturated rings. The molecule has 0 spiro atoms. The highest BCUT2D eigenvalue weighted by molar-refractivity contribution is 7.99. The van der Waals surface area contributed by atoms with Crippen LogP contribution in [0.2, 0.25) is 0 Å². The molecule has 14 heavy (non-hydrogen) atoms. The summed E-state index contributed by atoms with van der Waals surface area (Å²) in [4.78, 5) is 11.1. The fourth-order valence-electron chi connectivity index (χ4n) is 1.42. The van der Waals surface area contributed by atoms with Crippen molar-refractivity contribution in [3.8, 4) is 0 Å². The number of carbonyl (C=O) groups excluding carboxylic acids is 1. The van der Waals surface area contributed by atoms with Gasteiger partial charge in [0.2, 0.25) is 0 Å². The highest BCUT2D eigenvalue weighted by Crippen LogP contribution is 2.33. The lowest BCUT2D eigenvalue weighted by Crippen LogP contribution is -2.46. The van der Waals surface area contributed by atoms with Crippen molar-refractivity contribution >= 4 is 17.7 Å². The fourth-order valence-corrected chi connectivity index (χ4v) is 2.59. The van der Waals surface area contributed by atoms with Crippen molar-refractivity contribution in [1.29, 1.82) is 0 Å². The van der Waals surface area contributed by atoms with Crippen molar-refractivity contribution < 1.29 is 19.0 Å². The molecule has 1 rings (SSSR count). The molecule has 0 aromatic rings. The van der Waals surface area contributed by atoms with Crippen molar-refractivity contribution in [1.82, 2.24) is 0 Å². The number of aliphatic hydroxyl groups is 1. The summed E-state index contributed by atoms with van der Waals surface area (Å²) in [7, 11) is 0. The summed E-state index contributed by atoms with van der Waals surface area (Å²) in [6.45, 7) is 1.80. The minimum Gasteiger partial charge on any atom is -0.464 e. The van der Waals surface area contributed by atoms with E-state index in [4.69, 9.17) is 0 Å². The van der Waals surface area contributed by atoms with Gasteiger partial charge in [-0.15, -0.1) is 0 Å². The third kappa shape index (κ3) is 2.60. The Hall–Kier alpha value is -0.290. The Morgan fingerprint density at radius 3 is 2.71 bits per heavy atom. The molecule has 0 bridgehead atoms. The standard InChI is InChI=1S/C9H15FO3S/c1-2-13-8(12)7(11)9(10)3-5-14-6-4-9/h7,11H,2-6H2,1H3. The van der Waals surface area contributed by atoms with Gasteiger partial charge in [-0.3, -0.25) is 0 Å². The molecule has 3 nitrogen and oxygen atoms in total. The van der Waals surface area contributed by atoms with E-state index in [-0.39, 0.29) is 19.4 Å². The molecule has 1 heterocycles. The number of rotatable bonds is 3. The molecule has 1 aliphatic rings. The minimum absolute atomic E-state index is 0.167. The Kier molecular flexibility index (Phi) is 4.19. The number of halogens is 1. The minimum atomic E-state index is -1.78. The molecular weight excluding hydrogens is 207 g/mol. The fraction of sp³-hybridized carbons (Fsp3) is 0.889. The predicted octanol–water partition coefficient (Wildman–Crippen LogP) is 1.15. The van der Waals surface area contributed by atoms with E-state index in [0.29, 0.717) is 11.5 Å². The van der Waals surface area contributed by atoms with Crippen LogP contribution in [0.25, 0.3) is 0 Å². The molecular formula is C9H15FO3S. The van der Waals surface area contributed by atoms with E-state index < -0.39 is 17.7 Å². The van der Waals surface area contributed by atoms with Crippen LogP contribution in [0.4, 0.5) is 4.39 Å². The number of hydrogen-bond donors (Lipinski definition) is 1. The van der Waals surface area contributed by atoms with E-state index in [9.17, 15) is 14.3 Å². The lowest BCUT2D eigenvalue weighted by molar-refractivity contribution is -0.162. The maximum atomic E-state index is 14.0. The van der Waals surface area contributed by atoms with Gasteiger partial charge in [0.05, 0.1) is 6.61 Å². The van der Waals surface area contributed by atoms with Gasteiger partial charge in [-0.1, -0.05) is 0 Å². The van der Waals surface area contributed by atoms with Crippen molar-refractivity contribution in [3.63, 3.8) is 0 Å². The quantitative estimate of drug-likeness (QED) is 0.728. The third-order valence-corrected chi connectivity index (χ3v) is 3.31. The second-order valence-electron chi connectivity index (χ2n) is 3.30. The number of carbonyl (C=O) groups is 1. The Bertz CT molecular complexity index is 204. The predicted molar refractivity (Wildman–Crippen MR) is 53.0 cm³/mol. The summed E-state index contributed by atoms with van der Waals surface area (Å²) in [5.74, 6) is 0.446. The summed E-state index contributed by atoms with van der Waals surface area (Å²) in [5.41, 5.74) is -1.78. The van der Waals surface area contributed by atoms with Crippen LogP contribution >= 0.6 is 11.8 Å². The van der Waals surface area contributed by atoms with E-state index in [1.807, 2.05) is 0 Å². The van der Waals surface area contributed by atoms with Crippen LogP contribution in [-0.4, -0.2) is 41.0 Å². The lowest BCUT2D eigenvalue weighted by atomic mass is 9.92. The Morgan fingerprint density at radius 1 is 1.64 bits per heavy atom. The van der Waals surface area contributed by atoms with Gasteiger partial charge in [0.15, 0.2) is 6.10 Å². The molecule has 1 atom stereocenters. The Morgan fingerprint density at radius 2 is 2.21 bits per heavy atom. The third-order valence-electron chi connectivity index (χ3n) is 2.32. The normalized spacial score (nSPS) is 22.8. The zero-order valence-corrected chi connectivity index (χ0v) is 8.98. The molecule has 1 unspecified atom stereocenters. The van der Waals surface area contributed by atoms with E-state index in [2.05, 4.69) is 4.74 Å². The lowest BCUT2D eigenvalue weighted by Gasteiger charge is -2.31. The molecule has 1 aliphatic heterocycles. The topological polar surface area (TPSA) is 46.5 Å². The van der Waals surface area contributed by atoms with Crippen LogP contribution in [0.3, 0.4) is 0 Å². The summed E-state index contributed by atoms with van der Waals surface area (Å²) in [6, 6.07) is 0. The number of esters is 1. The molecule has 0 aromatic heterocycles. The summed E-state index contributed by atoms with van der Waals surface area (Å²) in [5, 5.41) is 9.47. The van der Waals surface area contributed by atoms with Gasteiger partial charge < -0.3 is 9.84 Å². The highest BCUT2D eigenvalue weighted by atomic mass is 32.2. The monoisotopic (exact) mass is 222 g/mol. The molecule has 1 N–H and O–H groups in total. The van der Waals surface area contributed by atoms with Gasteiger partial charge in [-0.25, -0.2) is 9.18 Å². The largest absolute Gasteiger partial charge is 0.464 e. The Labute approximate surface area is 87.0 Å². The molecule has 0 amide bonds. The number of alkyl halides is 1. The van der Waals surface area contributed by atoms with Gasteiger partial charge in [0.25, 0.3) is 0 Å². The number of aliphatic hydroxyl groups excluding tert-OH is 1. The average molecular weight is 222 g/mol. The Balaban J connectivity index is 2.56. The average Bonchev–Trinajstić information content (AvgIpc) is 2.18. The van der Waals surface area contributed by atoms with Crippen molar-refractivity contribution in [2.24, 2.45) is 0 Å². The van der Waals surface area contributed by atoms with Crippen molar-refractivity contribution in [2.75, 3.05) is 18.1 Å². The first kappa shape index (κ1) is 11.8. The van der Waals surface area contributed by atoms with Crippen molar-refractivity contribution in [2.45, 2.75) is 31.5 Å². The summed E-state index contributed by atoms with van der Waals surface area (Å²) in [6.07, 6.45) is -1.18. The number of thioether (sulfide) groups is 1. The van der Waals surface area contributed by atoms with Crippen LogP contribution in [-0.2, 0) is 9.53 Å². The smallest absolute Gasteiger partial charge is 0.338 e. The zero-order chi connectivity index (χ0) is 10.6. The van der Waals surface area contributed by atoms with Crippen LogP contribution in [0.1, 0.15) is 19.8 Å². The molecule has 5 heteroatoms. The van der Waals surface area contributed by atoms with Crippen LogP contribution in [0.5, 0.6) is 0 Å². The maximum absolute atomic E-state index is 14.0. The number of ether oxygens (including phenoxy) is 1. The van der Waals surface area contributed by atoms with E-state index in [0.717, 1.165) is 0 Å². The first-order chi connectivity index (χ1) is 6.60. The molecule has 0 aromatic carbocycles. The van der Waals surface area contributed by atoms with Crippen LogP contribution in [0, 0.1) is 0 Å². The molecule has 0 saturated carbocycles. The molecule has 1 saturated heterocycles. The van der Waals surface area contributed by atoms with Gasteiger partial charge >= 0.3 is 5.97 Å². The van der Waals surface area contributed by atoms with Crippen molar-refractivity contribution in [3.05, 3.63) is 0 Å². The van der Waals surface area contributed by atoms with Gasteiger partial charge in [0, 0.05) is 0 Å². The van der Waals surface area contributed by atoms with E-state index in [1.54, 1.807) is 18.7 Å². The number of hydrogen-bond acceptors (Lipinski definition) is 4. The van der Waals surface area contributed by atoms with Crippen LogP contribution in [0.15, 0.2) is 0 Å². The SMILES string of the molecule is CCOC(=O)C(O)C1(F)CCSCC1. The van der Waals surface area contributed by atoms with E-state index in [1.165, 1.54) is 0 Å². The molecule has 82 valence electrons. The summed E-state index contributed by atoms with van der Waals surface area (Å²) < 4.78 is 18.6. The van der Waals surface area contributed by atoms with Gasteiger partial charge in [-0.05, 0) is 31.3 Å². The van der Waals surface area contributed by atoms with Gasteiger partial charge in [0.1, 0.15) is 5.67 Å². The van der Waals surface area contributed by atoms with Gasteiger partial charge in [-0.2, -0.15) is 11.8 Å². The molecule has 0 radical (unpaired) electrons. The second-order valence-corrected chi connectivity index (χ2v) is 4.53. The summed E-state index contributed by atoms with van der Waals surface area (Å²) >= 11 is 1.64. The first-order valence-electron chi connectivity index (χ1n) is 4.71. The first-order valence-corrected chi connectivity index (χ1v) is 5.87. The molecule has 0 aliphatic carbocycles. The zero-order valence-electron chi connectivity index (χ0n) is 8.16. The maximum Gasteiger partial charge on any atom is 0.338 e. The second kappa shape index (κ2) is 4.98. The van der Waals surface area contributed by atoms with Crippen LogP contribution < -0.4 is 0 Å². The van der Waals surface area contributed by atoms with E-state index >= 15 is 0 Å². The highest BCUT2D eigenvalue weighted by Gasteiger charge is 2.44.